The third kappa shape index (κ3) is 3.07. The van der Waals surface area contributed by atoms with Gasteiger partial charge in [0, 0.05) is 25.6 Å². The number of amides is 1. The van der Waals surface area contributed by atoms with Crippen LogP contribution >= 0.6 is 11.3 Å². The Morgan fingerprint density at radius 1 is 1.16 bits per heavy atom. The van der Waals surface area contributed by atoms with Crippen LogP contribution in [0.4, 0.5) is 0 Å². The van der Waals surface area contributed by atoms with E-state index in [4.69, 9.17) is 0 Å². The van der Waals surface area contributed by atoms with E-state index in [1.807, 2.05) is 45.1 Å². The normalized spacial score (nSPS) is 17.3. The minimum absolute atomic E-state index is 0.0140. The molecule has 0 aromatic carbocycles. The molecule has 3 aromatic rings. The molecule has 0 radical (unpaired) electrons. The SMILES string of the molecule is O=C(CCC(=O)N1CCC[C@@H]1c1nnc2ccccn12)c1cccs1. The van der Waals surface area contributed by atoms with Crippen molar-refractivity contribution in [3.05, 3.63) is 52.6 Å². The van der Waals surface area contributed by atoms with Gasteiger partial charge in [0.15, 0.2) is 17.3 Å². The monoisotopic (exact) mass is 354 g/mol. The zero-order valence-electron chi connectivity index (χ0n) is 13.7. The van der Waals surface area contributed by atoms with E-state index >= 15 is 0 Å². The first kappa shape index (κ1) is 16.0. The first-order valence-corrected chi connectivity index (χ1v) is 9.28. The zero-order valence-corrected chi connectivity index (χ0v) is 14.5. The average molecular weight is 354 g/mol. The van der Waals surface area contributed by atoms with Gasteiger partial charge >= 0.3 is 0 Å². The summed E-state index contributed by atoms with van der Waals surface area (Å²) in [5, 5.41) is 10.4. The number of hydrogen-bond donors (Lipinski definition) is 0. The van der Waals surface area contributed by atoms with Crippen LogP contribution in [0.1, 0.15) is 47.2 Å². The molecule has 4 heterocycles. The fourth-order valence-electron chi connectivity index (χ4n) is 3.35. The summed E-state index contributed by atoms with van der Waals surface area (Å²) in [6.45, 7) is 0.707. The molecule has 1 aliphatic heterocycles. The maximum absolute atomic E-state index is 12.7. The van der Waals surface area contributed by atoms with Crippen molar-refractivity contribution >= 4 is 28.7 Å². The highest BCUT2D eigenvalue weighted by Gasteiger charge is 2.33. The van der Waals surface area contributed by atoms with Crippen LogP contribution in [-0.4, -0.2) is 37.7 Å². The summed E-state index contributed by atoms with van der Waals surface area (Å²) in [6.07, 6.45) is 4.23. The lowest BCUT2D eigenvalue weighted by atomic mass is 10.1. The van der Waals surface area contributed by atoms with Gasteiger partial charge in [0.05, 0.1) is 10.9 Å². The minimum Gasteiger partial charge on any atom is -0.332 e. The largest absolute Gasteiger partial charge is 0.332 e. The first-order chi connectivity index (χ1) is 12.2. The second-order valence-corrected chi connectivity index (χ2v) is 7.08. The summed E-state index contributed by atoms with van der Waals surface area (Å²) in [5.74, 6) is 0.846. The summed E-state index contributed by atoms with van der Waals surface area (Å²) >= 11 is 1.42. The Morgan fingerprint density at radius 2 is 2.08 bits per heavy atom. The van der Waals surface area contributed by atoms with Gasteiger partial charge in [-0.1, -0.05) is 12.1 Å². The average Bonchev–Trinajstić information content (AvgIpc) is 3.38. The predicted molar refractivity (Wildman–Crippen MR) is 94.6 cm³/mol. The van der Waals surface area contributed by atoms with Gasteiger partial charge in [-0.25, -0.2) is 0 Å². The van der Waals surface area contributed by atoms with Gasteiger partial charge in [-0.15, -0.1) is 21.5 Å². The molecular formula is C18H18N4O2S. The van der Waals surface area contributed by atoms with Gasteiger partial charge in [0.2, 0.25) is 5.91 Å². The van der Waals surface area contributed by atoms with E-state index < -0.39 is 0 Å². The molecule has 0 saturated carbocycles. The van der Waals surface area contributed by atoms with E-state index in [2.05, 4.69) is 10.2 Å². The van der Waals surface area contributed by atoms with Crippen molar-refractivity contribution < 1.29 is 9.59 Å². The molecule has 3 aromatic heterocycles. The van der Waals surface area contributed by atoms with Crippen LogP contribution in [-0.2, 0) is 4.79 Å². The number of aromatic nitrogens is 3. The van der Waals surface area contributed by atoms with Crippen molar-refractivity contribution in [3.8, 4) is 0 Å². The fourth-order valence-corrected chi connectivity index (χ4v) is 4.04. The van der Waals surface area contributed by atoms with Crippen molar-refractivity contribution in [1.82, 2.24) is 19.5 Å². The van der Waals surface area contributed by atoms with Crippen molar-refractivity contribution in [1.29, 1.82) is 0 Å². The summed E-state index contributed by atoms with van der Waals surface area (Å²) in [7, 11) is 0. The lowest BCUT2D eigenvalue weighted by molar-refractivity contribution is -0.132. The summed E-state index contributed by atoms with van der Waals surface area (Å²) < 4.78 is 1.94. The molecule has 6 nitrogen and oxygen atoms in total. The van der Waals surface area contributed by atoms with Gasteiger partial charge in [-0.05, 0) is 36.4 Å². The van der Waals surface area contributed by atoms with Crippen LogP contribution in [0.2, 0.25) is 0 Å². The maximum atomic E-state index is 12.7. The third-order valence-corrected chi connectivity index (χ3v) is 5.48. The van der Waals surface area contributed by atoms with Gasteiger partial charge in [-0.3, -0.25) is 14.0 Å². The van der Waals surface area contributed by atoms with E-state index in [9.17, 15) is 9.59 Å². The highest BCUT2D eigenvalue weighted by atomic mass is 32.1. The number of Topliss-reactive ketones (excluding diaryl/α,β-unsaturated/α-hetero) is 1. The maximum Gasteiger partial charge on any atom is 0.223 e. The van der Waals surface area contributed by atoms with E-state index in [1.54, 1.807) is 6.07 Å². The molecule has 4 rings (SSSR count). The Labute approximate surface area is 149 Å². The molecule has 0 bridgehead atoms. The molecule has 0 aliphatic carbocycles. The number of hydrogen-bond acceptors (Lipinski definition) is 5. The molecule has 7 heteroatoms. The van der Waals surface area contributed by atoms with Crippen LogP contribution < -0.4 is 0 Å². The van der Waals surface area contributed by atoms with Crippen LogP contribution in [0.5, 0.6) is 0 Å². The second-order valence-electron chi connectivity index (χ2n) is 6.13. The summed E-state index contributed by atoms with van der Waals surface area (Å²) in [4.78, 5) is 27.4. The Morgan fingerprint density at radius 3 is 2.92 bits per heavy atom. The number of pyridine rings is 1. The quantitative estimate of drug-likeness (QED) is 0.660. The van der Waals surface area contributed by atoms with E-state index in [0.717, 1.165) is 24.3 Å². The Hall–Kier alpha value is -2.54. The zero-order chi connectivity index (χ0) is 17.2. The molecule has 1 saturated heterocycles. The lowest BCUT2D eigenvalue weighted by Gasteiger charge is -2.23. The third-order valence-electron chi connectivity index (χ3n) is 4.57. The lowest BCUT2D eigenvalue weighted by Crippen LogP contribution is -2.31. The number of nitrogens with zero attached hydrogens (tertiary/aromatic N) is 4. The second kappa shape index (κ2) is 6.76. The van der Waals surface area contributed by atoms with Crippen LogP contribution in [0.25, 0.3) is 5.65 Å². The predicted octanol–water partition coefficient (Wildman–Crippen LogP) is 3.12. The fraction of sp³-hybridized carbons (Fsp3) is 0.333. The molecule has 0 N–H and O–H groups in total. The van der Waals surface area contributed by atoms with Gasteiger partial charge < -0.3 is 4.90 Å². The highest BCUT2D eigenvalue weighted by Crippen LogP contribution is 2.31. The topological polar surface area (TPSA) is 67.6 Å². The molecule has 1 fully saturated rings. The molecule has 1 amide bonds. The van der Waals surface area contributed by atoms with Crippen molar-refractivity contribution in [2.45, 2.75) is 31.7 Å². The summed E-state index contributed by atoms with van der Waals surface area (Å²) in [5.41, 5.74) is 0.782. The van der Waals surface area contributed by atoms with Gasteiger partial charge in [0.1, 0.15) is 0 Å². The number of fused-ring (bicyclic) bond motifs is 1. The standard InChI is InChI=1S/C18H18N4O2S/c23-14(15-6-4-12-25-15)8-9-17(24)21-11-3-5-13(21)18-20-19-16-7-1-2-10-22(16)18/h1-2,4,6-7,10,12-13H,3,5,8-9,11H2/t13-/m1/s1. The number of carbonyl (C=O) groups is 2. The van der Waals surface area contributed by atoms with Crippen LogP contribution in [0.3, 0.4) is 0 Å². The molecular weight excluding hydrogens is 336 g/mol. The molecule has 25 heavy (non-hydrogen) atoms. The molecule has 0 unspecified atom stereocenters. The van der Waals surface area contributed by atoms with Crippen molar-refractivity contribution in [2.75, 3.05) is 6.54 Å². The van der Waals surface area contributed by atoms with E-state index in [-0.39, 0.29) is 30.6 Å². The number of thiophene rings is 1. The molecule has 0 spiro atoms. The van der Waals surface area contributed by atoms with Gasteiger partial charge in [0.25, 0.3) is 0 Å². The Balaban J connectivity index is 1.47. The van der Waals surface area contributed by atoms with Gasteiger partial charge in [-0.2, -0.15) is 0 Å². The van der Waals surface area contributed by atoms with Crippen molar-refractivity contribution in [2.24, 2.45) is 0 Å². The van der Waals surface area contributed by atoms with Crippen molar-refractivity contribution in [3.63, 3.8) is 0 Å². The van der Waals surface area contributed by atoms with Crippen LogP contribution in [0, 0.1) is 0 Å². The molecule has 1 aliphatic rings. The van der Waals surface area contributed by atoms with E-state index in [0.29, 0.717) is 11.4 Å². The Kier molecular flexibility index (Phi) is 4.31. The molecule has 128 valence electrons. The Bertz CT molecular complexity index is 903. The first-order valence-electron chi connectivity index (χ1n) is 8.40. The van der Waals surface area contributed by atoms with E-state index in [1.165, 1.54) is 11.3 Å². The smallest absolute Gasteiger partial charge is 0.223 e. The highest BCUT2D eigenvalue weighted by molar-refractivity contribution is 7.12. The summed E-state index contributed by atoms with van der Waals surface area (Å²) in [6, 6.07) is 9.34. The van der Waals surface area contributed by atoms with Crippen LogP contribution in [0.15, 0.2) is 41.9 Å². The number of carbonyl (C=O) groups excluding carboxylic acids is 2. The minimum atomic E-state index is -0.0678. The number of ketones is 1. The number of rotatable bonds is 5. The molecule has 1 atom stereocenters. The number of likely N-dealkylation sites (tertiary alicyclic amines) is 1.